The van der Waals surface area contributed by atoms with E-state index in [9.17, 15) is 9.59 Å². The van der Waals surface area contributed by atoms with Gasteiger partial charge in [0, 0.05) is 44.4 Å². The maximum Gasteiger partial charge on any atom is 0.242 e. The summed E-state index contributed by atoms with van der Waals surface area (Å²) in [4.78, 5) is 32.9. The molecule has 0 bridgehead atoms. The molecule has 1 aliphatic carbocycles. The zero-order valence-corrected chi connectivity index (χ0v) is 15.9. The minimum absolute atomic E-state index is 0.0757. The second-order valence-corrected chi connectivity index (χ2v) is 7.47. The van der Waals surface area contributed by atoms with Crippen LogP contribution in [0.25, 0.3) is 0 Å². The highest BCUT2D eigenvalue weighted by atomic mass is 16.2. The molecule has 6 heteroatoms. The Bertz CT molecular complexity index is 642. The average molecular weight is 358 g/mol. The first-order valence-corrected chi connectivity index (χ1v) is 9.82. The lowest BCUT2D eigenvalue weighted by Gasteiger charge is -2.33. The van der Waals surface area contributed by atoms with Crippen molar-refractivity contribution in [3.05, 3.63) is 23.9 Å². The molecule has 1 saturated heterocycles. The molecule has 2 fully saturated rings. The molecule has 2 heterocycles. The number of likely N-dealkylation sites (tertiary alicyclic amines) is 1. The van der Waals surface area contributed by atoms with E-state index in [1.807, 2.05) is 18.3 Å². The molecule has 1 aromatic heterocycles. The van der Waals surface area contributed by atoms with E-state index >= 15 is 0 Å². The Labute approximate surface area is 156 Å². The molecule has 6 nitrogen and oxygen atoms in total. The van der Waals surface area contributed by atoms with Gasteiger partial charge in [0.25, 0.3) is 0 Å². The van der Waals surface area contributed by atoms with Crippen LogP contribution in [0.2, 0.25) is 0 Å². The predicted molar refractivity (Wildman–Crippen MR) is 102 cm³/mol. The summed E-state index contributed by atoms with van der Waals surface area (Å²) in [6.07, 6.45) is 9.48. The number of amides is 2. The fourth-order valence-electron chi connectivity index (χ4n) is 4.08. The largest absolute Gasteiger partial charge is 0.356 e. The number of hydrogen-bond donors (Lipinski definition) is 1. The number of anilines is 1. The Kier molecular flexibility index (Phi) is 6.12. The minimum Gasteiger partial charge on any atom is -0.356 e. The van der Waals surface area contributed by atoms with Crippen molar-refractivity contribution in [1.82, 2.24) is 15.2 Å². The second-order valence-electron chi connectivity index (χ2n) is 7.47. The van der Waals surface area contributed by atoms with Crippen molar-refractivity contribution in [2.75, 3.05) is 18.5 Å². The molecule has 2 aliphatic rings. The molecular formula is C20H30N4O2. The molecular weight excluding hydrogens is 328 g/mol. The Balaban J connectivity index is 1.62. The molecule has 1 aliphatic heterocycles. The van der Waals surface area contributed by atoms with E-state index in [2.05, 4.69) is 22.2 Å². The topological polar surface area (TPSA) is 65.5 Å². The predicted octanol–water partition coefficient (Wildman–Crippen LogP) is 2.48. The van der Waals surface area contributed by atoms with E-state index in [4.69, 9.17) is 0 Å². The average Bonchev–Trinajstić information content (AvgIpc) is 3.11. The van der Waals surface area contributed by atoms with Gasteiger partial charge in [-0.05, 0) is 32.3 Å². The van der Waals surface area contributed by atoms with Crippen molar-refractivity contribution >= 4 is 17.6 Å². The summed E-state index contributed by atoms with van der Waals surface area (Å²) in [5.74, 6) is 0.923. The second kappa shape index (κ2) is 8.52. The summed E-state index contributed by atoms with van der Waals surface area (Å²) in [5.41, 5.74) is 1.02. The van der Waals surface area contributed by atoms with Crippen LogP contribution in [0.1, 0.15) is 57.4 Å². The molecule has 0 radical (unpaired) electrons. The highest BCUT2D eigenvalue weighted by Gasteiger charge is 2.29. The van der Waals surface area contributed by atoms with Crippen molar-refractivity contribution in [3.8, 4) is 0 Å². The van der Waals surface area contributed by atoms with Crippen LogP contribution in [0.4, 0.5) is 5.82 Å². The molecule has 1 saturated carbocycles. The van der Waals surface area contributed by atoms with E-state index in [1.165, 1.54) is 32.1 Å². The van der Waals surface area contributed by atoms with Crippen LogP contribution < -0.4 is 10.2 Å². The number of aromatic nitrogens is 1. The van der Waals surface area contributed by atoms with Crippen molar-refractivity contribution in [2.24, 2.45) is 0 Å². The number of carbonyl (C=O) groups excluding carboxylic acids is 2. The van der Waals surface area contributed by atoms with Gasteiger partial charge in [-0.1, -0.05) is 25.3 Å². The van der Waals surface area contributed by atoms with Crippen LogP contribution in [0.5, 0.6) is 0 Å². The van der Waals surface area contributed by atoms with E-state index in [0.717, 1.165) is 17.8 Å². The third kappa shape index (κ3) is 4.17. The molecule has 142 valence electrons. The van der Waals surface area contributed by atoms with Crippen LogP contribution in [0, 0.1) is 0 Å². The Morgan fingerprint density at radius 1 is 1.35 bits per heavy atom. The van der Waals surface area contributed by atoms with Crippen molar-refractivity contribution in [2.45, 2.75) is 70.5 Å². The first-order valence-electron chi connectivity index (χ1n) is 9.82. The molecule has 1 atom stereocenters. The first-order chi connectivity index (χ1) is 12.6. The van der Waals surface area contributed by atoms with Gasteiger partial charge in [-0.3, -0.25) is 9.59 Å². The maximum absolute atomic E-state index is 12.5. The molecule has 26 heavy (non-hydrogen) atoms. The molecule has 1 aromatic rings. The van der Waals surface area contributed by atoms with Crippen molar-refractivity contribution in [3.63, 3.8) is 0 Å². The van der Waals surface area contributed by atoms with Crippen LogP contribution in [-0.4, -0.2) is 47.4 Å². The van der Waals surface area contributed by atoms with Crippen LogP contribution in [0.3, 0.4) is 0 Å². The fraction of sp³-hybridized carbons (Fsp3) is 0.650. The van der Waals surface area contributed by atoms with Gasteiger partial charge in [0.05, 0.1) is 0 Å². The Hall–Kier alpha value is -2.11. The number of nitrogens with zero attached hydrogens (tertiary/aromatic N) is 3. The number of carbonyl (C=O) groups is 2. The summed E-state index contributed by atoms with van der Waals surface area (Å²) in [7, 11) is 2.11. The summed E-state index contributed by atoms with van der Waals surface area (Å²) in [6.45, 7) is 2.91. The third-order valence-electron chi connectivity index (χ3n) is 5.73. The number of hydrogen-bond acceptors (Lipinski definition) is 4. The molecule has 2 amide bonds. The van der Waals surface area contributed by atoms with E-state index in [0.29, 0.717) is 25.6 Å². The number of pyridine rings is 1. The normalized spacial score (nSPS) is 19.5. The maximum atomic E-state index is 12.5. The zero-order valence-electron chi connectivity index (χ0n) is 15.9. The summed E-state index contributed by atoms with van der Waals surface area (Å²) >= 11 is 0. The highest BCUT2D eigenvalue weighted by Crippen LogP contribution is 2.27. The highest BCUT2D eigenvalue weighted by molar-refractivity contribution is 5.88. The lowest BCUT2D eigenvalue weighted by atomic mass is 9.94. The van der Waals surface area contributed by atoms with Crippen LogP contribution in [0.15, 0.2) is 18.3 Å². The molecule has 3 rings (SSSR count). The smallest absolute Gasteiger partial charge is 0.242 e. The van der Waals surface area contributed by atoms with Gasteiger partial charge in [0.1, 0.15) is 11.9 Å². The minimum atomic E-state index is -0.416. The summed E-state index contributed by atoms with van der Waals surface area (Å²) in [5, 5.41) is 2.99. The van der Waals surface area contributed by atoms with Crippen molar-refractivity contribution in [1.29, 1.82) is 0 Å². The van der Waals surface area contributed by atoms with E-state index < -0.39 is 6.04 Å². The molecule has 0 spiro atoms. The molecule has 1 N–H and O–H groups in total. The lowest BCUT2D eigenvalue weighted by Crippen LogP contribution is -2.45. The van der Waals surface area contributed by atoms with Gasteiger partial charge < -0.3 is 15.1 Å². The fourth-order valence-corrected chi connectivity index (χ4v) is 4.08. The standard InChI is InChI=1S/C20H30N4O2/c1-15(24-13-7-11-18(24)25)20(26)22-14-16-8-6-12-21-19(16)23(2)17-9-4-3-5-10-17/h6,8,12,15,17H,3-5,7,9-11,13-14H2,1-2H3,(H,22,26). The van der Waals surface area contributed by atoms with Crippen LogP contribution >= 0.6 is 0 Å². The first kappa shape index (κ1) is 18.7. The molecule has 1 unspecified atom stereocenters. The zero-order chi connectivity index (χ0) is 18.5. The van der Waals surface area contributed by atoms with Gasteiger partial charge in [-0.15, -0.1) is 0 Å². The van der Waals surface area contributed by atoms with E-state index in [-0.39, 0.29) is 11.8 Å². The lowest BCUT2D eigenvalue weighted by molar-refractivity contribution is -0.136. The van der Waals surface area contributed by atoms with Gasteiger partial charge in [-0.2, -0.15) is 0 Å². The molecule has 0 aromatic carbocycles. The Morgan fingerprint density at radius 3 is 2.81 bits per heavy atom. The summed E-state index contributed by atoms with van der Waals surface area (Å²) < 4.78 is 0. The quantitative estimate of drug-likeness (QED) is 0.848. The number of nitrogens with one attached hydrogen (secondary N) is 1. The van der Waals surface area contributed by atoms with Crippen molar-refractivity contribution < 1.29 is 9.59 Å². The van der Waals surface area contributed by atoms with Gasteiger partial charge in [0.2, 0.25) is 11.8 Å². The van der Waals surface area contributed by atoms with Gasteiger partial charge in [0.15, 0.2) is 0 Å². The third-order valence-corrected chi connectivity index (χ3v) is 5.73. The van der Waals surface area contributed by atoms with Gasteiger partial charge in [-0.25, -0.2) is 4.98 Å². The number of rotatable bonds is 6. The SMILES string of the molecule is CC(C(=O)NCc1cccnc1N(C)C1CCCCC1)N1CCCC1=O. The monoisotopic (exact) mass is 358 g/mol. The Morgan fingerprint density at radius 2 is 2.12 bits per heavy atom. The van der Waals surface area contributed by atoms with Crippen LogP contribution in [-0.2, 0) is 16.1 Å². The summed E-state index contributed by atoms with van der Waals surface area (Å²) in [6, 6.07) is 4.04. The van der Waals surface area contributed by atoms with Gasteiger partial charge >= 0.3 is 0 Å². The van der Waals surface area contributed by atoms with E-state index in [1.54, 1.807) is 11.8 Å².